The highest BCUT2D eigenvalue weighted by Gasteiger charge is 2.30. The van der Waals surface area contributed by atoms with Crippen molar-refractivity contribution in [3.8, 4) is 16.2 Å². The zero-order valence-electron chi connectivity index (χ0n) is 20.6. The molecule has 2 heterocycles. The Morgan fingerprint density at radius 2 is 2.06 bits per heavy atom. The average molecular weight is 496 g/mol. The molecule has 0 spiro atoms. The van der Waals surface area contributed by atoms with Gasteiger partial charge in [0.15, 0.2) is 5.75 Å². The molecule has 1 aromatic carbocycles. The fraction of sp³-hybridized carbons (Fsp3) is 0.481. The smallest absolute Gasteiger partial charge is 0.343 e. The van der Waals surface area contributed by atoms with Crippen LogP contribution in [0.2, 0.25) is 0 Å². The Morgan fingerprint density at radius 1 is 1.23 bits per heavy atom. The molecule has 35 heavy (non-hydrogen) atoms. The molecule has 7 nitrogen and oxygen atoms in total. The van der Waals surface area contributed by atoms with E-state index in [-0.39, 0.29) is 23.6 Å². The van der Waals surface area contributed by atoms with Crippen molar-refractivity contribution < 1.29 is 14.3 Å². The van der Waals surface area contributed by atoms with Gasteiger partial charge in [-0.25, -0.2) is 4.79 Å². The first-order valence-electron chi connectivity index (χ1n) is 12.5. The van der Waals surface area contributed by atoms with Crippen molar-refractivity contribution in [3.05, 3.63) is 50.6 Å². The maximum absolute atomic E-state index is 13.3. The minimum Gasteiger partial charge on any atom is -0.494 e. The van der Waals surface area contributed by atoms with E-state index >= 15 is 0 Å². The number of fused-ring (bicyclic) bond motifs is 2. The van der Waals surface area contributed by atoms with Gasteiger partial charge < -0.3 is 24.7 Å². The van der Waals surface area contributed by atoms with Crippen LogP contribution < -0.4 is 20.8 Å². The van der Waals surface area contributed by atoms with E-state index in [1.165, 1.54) is 16.9 Å². The summed E-state index contributed by atoms with van der Waals surface area (Å²) in [5, 5.41) is 7.39. The van der Waals surface area contributed by atoms with E-state index in [0.717, 1.165) is 54.7 Å². The Morgan fingerprint density at radius 3 is 2.77 bits per heavy atom. The molecule has 2 aromatic heterocycles. The molecular weight excluding hydrogens is 462 g/mol. The van der Waals surface area contributed by atoms with Gasteiger partial charge in [0, 0.05) is 46.7 Å². The van der Waals surface area contributed by atoms with Crippen LogP contribution in [0.5, 0.6) is 5.75 Å². The Bertz CT molecular complexity index is 1310. The largest absolute Gasteiger partial charge is 0.494 e. The van der Waals surface area contributed by atoms with E-state index in [0.29, 0.717) is 17.2 Å². The number of benzene rings is 1. The lowest BCUT2D eigenvalue weighted by Gasteiger charge is -2.23. The van der Waals surface area contributed by atoms with Crippen LogP contribution in [0.15, 0.2) is 29.2 Å². The second-order valence-corrected chi connectivity index (χ2v) is 10.4. The van der Waals surface area contributed by atoms with E-state index in [1.54, 1.807) is 20.2 Å². The van der Waals surface area contributed by atoms with Crippen molar-refractivity contribution in [1.29, 1.82) is 0 Å². The van der Waals surface area contributed by atoms with Crippen LogP contribution >= 0.6 is 11.3 Å². The van der Waals surface area contributed by atoms with Crippen molar-refractivity contribution in [3.63, 3.8) is 0 Å². The summed E-state index contributed by atoms with van der Waals surface area (Å²) in [5.74, 6) is 0.125. The number of thiophene rings is 1. The third-order valence-electron chi connectivity index (χ3n) is 6.93. The van der Waals surface area contributed by atoms with Gasteiger partial charge >= 0.3 is 5.97 Å². The molecule has 1 atom stereocenters. The van der Waals surface area contributed by atoms with Gasteiger partial charge in [0.25, 0.3) is 0 Å². The molecule has 186 valence electrons. The minimum absolute atomic E-state index is 0.0862. The number of hydrogen-bond donors (Lipinski definition) is 2. The molecular formula is C27H33N3O4S. The number of likely N-dealkylation sites (N-methyl/N-ethyl adjacent to an activating group) is 1. The predicted octanol–water partition coefficient (Wildman–Crippen LogP) is 4.44. The fourth-order valence-electron chi connectivity index (χ4n) is 5.09. The molecule has 2 aliphatic carbocycles. The number of nitrogens with one attached hydrogen (secondary N) is 2. The Balaban J connectivity index is 1.63. The van der Waals surface area contributed by atoms with Gasteiger partial charge in [-0.15, -0.1) is 11.3 Å². The highest BCUT2D eigenvalue weighted by atomic mass is 32.1. The van der Waals surface area contributed by atoms with Crippen LogP contribution in [0.1, 0.15) is 65.5 Å². The number of pyridine rings is 1. The molecule has 2 N–H and O–H groups in total. The first-order valence-corrected chi connectivity index (χ1v) is 13.3. The second-order valence-electron chi connectivity index (χ2n) is 9.27. The highest BCUT2D eigenvalue weighted by molar-refractivity contribution is 7.15. The summed E-state index contributed by atoms with van der Waals surface area (Å²) < 4.78 is 13.2. The van der Waals surface area contributed by atoms with Crippen LogP contribution in [0.25, 0.3) is 21.3 Å². The Kier molecular flexibility index (Phi) is 6.95. The van der Waals surface area contributed by atoms with Crippen molar-refractivity contribution in [2.45, 2.75) is 51.1 Å². The lowest BCUT2D eigenvalue weighted by Crippen LogP contribution is -2.30. The van der Waals surface area contributed by atoms with Gasteiger partial charge in [-0.3, -0.25) is 4.79 Å². The summed E-state index contributed by atoms with van der Waals surface area (Å²) in [4.78, 5) is 28.4. The van der Waals surface area contributed by atoms with Gasteiger partial charge in [-0.1, -0.05) is 0 Å². The van der Waals surface area contributed by atoms with E-state index in [4.69, 9.17) is 9.47 Å². The lowest BCUT2D eigenvalue weighted by molar-refractivity contribution is 0.0524. The molecule has 0 radical (unpaired) electrons. The zero-order valence-corrected chi connectivity index (χ0v) is 21.4. The Labute approximate surface area is 209 Å². The summed E-state index contributed by atoms with van der Waals surface area (Å²) in [6, 6.07) is 6.73. The quantitative estimate of drug-likeness (QED) is 0.338. The van der Waals surface area contributed by atoms with Gasteiger partial charge in [-0.05, 0) is 69.8 Å². The molecule has 1 fully saturated rings. The van der Waals surface area contributed by atoms with Crippen molar-refractivity contribution in [2.24, 2.45) is 0 Å². The minimum atomic E-state index is -0.570. The van der Waals surface area contributed by atoms with Gasteiger partial charge in [0.05, 0.1) is 24.6 Å². The number of carbonyl (C=O) groups excluding carboxylic acids is 1. The monoisotopic (exact) mass is 495 g/mol. The molecule has 8 heteroatoms. The Hall–Kier alpha value is -2.68. The summed E-state index contributed by atoms with van der Waals surface area (Å²) in [6.07, 6.45) is 7.11. The fourth-order valence-corrected chi connectivity index (χ4v) is 6.37. The number of hydrogen-bond acceptors (Lipinski definition) is 7. The lowest BCUT2D eigenvalue weighted by atomic mass is 9.93. The number of carbonyl (C=O) groups is 1. The third-order valence-corrected chi connectivity index (χ3v) is 8.18. The molecule has 5 rings (SSSR count). The maximum atomic E-state index is 13.3. The number of aryl methyl sites for hydroxylation is 1. The van der Waals surface area contributed by atoms with E-state index in [9.17, 15) is 9.59 Å². The second kappa shape index (κ2) is 10.1. The summed E-state index contributed by atoms with van der Waals surface area (Å²) >= 11 is 1.82. The predicted molar refractivity (Wildman–Crippen MR) is 140 cm³/mol. The molecule has 2 aliphatic rings. The molecule has 1 saturated carbocycles. The number of methoxy groups -OCH3 is 1. The number of rotatable bonds is 9. The van der Waals surface area contributed by atoms with Crippen LogP contribution in [-0.2, 0) is 11.2 Å². The molecule has 0 aliphatic heterocycles. The molecule has 0 saturated heterocycles. The summed E-state index contributed by atoms with van der Waals surface area (Å²) in [7, 11) is 3.63. The molecule has 0 amide bonds. The molecule has 0 bridgehead atoms. The van der Waals surface area contributed by atoms with Gasteiger partial charge in [-0.2, -0.15) is 0 Å². The van der Waals surface area contributed by atoms with Crippen LogP contribution in [0.3, 0.4) is 0 Å². The third kappa shape index (κ3) is 4.50. The normalized spacial score (nSPS) is 17.4. The van der Waals surface area contributed by atoms with Crippen molar-refractivity contribution in [1.82, 2.24) is 15.2 Å². The molecule has 1 unspecified atom stereocenters. The SMILES string of the molecule is CCOC(=O)c1cn(C2CC2)c2c(OC)c(-c3cc4c(s3)CCCC4NCCNC)ccc2c1=O. The van der Waals surface area contributed by atoms with Crippen molar-refractivity contribution >= 4 is 28.2 Å². The van der Waals surface area contributed by atoms with Crippen LogP contribution in [0.4, 0.5) is 0 Å². The maximum Gasteiger partial charge on any atom is 0.343 e. The zero-order chi connectivity index (χ0) is 24.5. The van der Waals surface area contributed by atoms with E-state index in [2.05, 4.69) is 21.3 Å². The number of ether oxygens (including phenoxy) is 2. The summed E-state index contributed by atoms with van der Waals surface area (Å²) in [5.41, 5.74) is 2.92. The summed E-state index contributed by atoms with van der Waals surface area (Å²) in [6.45, 7) is 3.85. The average Bonchev–Trinajstić information content (AvgIpc) is 3.61. The first kappa shape index (κ1) is 24.0. The highest BCUT2D eigenvalue weighted by Crippen LogP contribution is 2.46. The van der Waals surface area contributed by atoms with Gasteiger partial charge in [0.1, 0.15) is 5.56 Å². The van der Waals surface area contributed by atoms with Crippen LogP contribution in [0, 0.1) is 0 Å². The number of esters is 1. The topological polar surface area (TPSA) is 81.6 Å². The first-order chi connectivity index (χ1) is 17.1. The van der Waals surface area contributed by atoms with E-state index in [1.807, 2.05) is 30.5 Å². The standard InChI is InChI=1S/C27H33N3O4S/c1-4-34-27(32)20-15-30(16-8-9-16)24-18(25(20)31)11-10-17(26(24)33-3)23-14-19-21(29-13-12-28-2)6-5-7-22(19)35-23/h10-11,14-16,21,28-29H,4-9,12-13H2,1-3H3. The molecule has 3 aromatic rings. The van der Waals surface area contributed by atoms with Crippen LogP contribution in [-0.4, -0.2) is 44.4 Å². The number of aromatic nitrogens is 1. The van der Waals surface area contributed by atoms with Crippen molar-refractivity contribution in [2.75, 3.05) is 33.9 Å². The van der Waals surface area contributed by atoms with E-state index < -0.39 is 5.97 Å². The number of nitrogens with zero attached hydrogens (tertiary/aromatic N) is 1. The van der Waals surface area contributed by atoms with Gasteiger partial charge in [0.2, 0.25) is 5.43 Å².